The standard InChI is InChI=1S/C34H65NO5/c1-4-5-6-7-8-9-10-11-12-15-18-21-24-27-32(36)35-31(29-33(37)38)34(39)40-28-25-22-19-16-13-14-17-20-23-26-30(2)3/h30-31H,4-29H2,1-3H3,(H,35,36)(H,37,38)/t31-/m0/s1. The first-order valence-electron chi connectivity index (χ1n) is 17.0. The number of nitrogens with one attached hydrogen (secondary N) is 1. The molecule has 0 saturated heterocycles. The van der Waals surface area contributed by atoms with Gasteiger partial charge < -0.3 is 15.2 Å². The highest BCUT2D eigenvalue weighted by molar-refractivity contribution is 5.87. The van der Waals surface area contributed by atoms with Crippen molar-refractivity contribution in [3.05, 3.63) is 0 Å². The molecule has 1 atom stereocenters. The number of carbonyl (C=O) groups is 3. The van der Waals surface area contributed by atoms with E-state index in [0.717, 1.165) is 44.4 Å². The summed E-state index contributed by atoms with van der Waals surface area (Å²) in [5, 5.41) is 11.8. The van der Waals surface area contributed by atoms with Crippen LogP contribution in [0.4, 0.5) is 0 Å². The fraction of sp³-hybridized carbons (Fsp3) is 0.912. The molecule has 0 unspecified atom stereocenters. The maximum Gasteiger partial charge on any atom is 0.329 e. The Balaban J connectivity index is 3.81. The van der Waals surface area contributed by atoms with Crippen LogP contribution in [0.15, 0.2) is 0 Å². The number of ether oxygens (including phenoxy) is 1. The summed E-state index contributed by atoms with van der Waals surface area (Å²) in [5.41, 5.74) is 0. The summed E-state index contributed by atoms with van der Waals surface area (Å²) in [4.78, 5) is 35.9. The third-order valence-corrected chi connectivity index (χ3v) is 7.68. The van der Waals surface area contributed by atoms with Gasteiger partial charge in [0.1, 0.15) is 6.04 Å². The predicted octanol–water partition coefficient (Wildman–Crippen LogP) is 9.53. The SMILES string of the molecule is CCCCCCCCCCCCCCCC(=O)N[C@@H](CC(=O)O)C(=O)OCCCCCCCCCCCC(C)C. The molecular weight excluding hydrogens is 502 g/mol. The van der Waals surface area contributed by atoms with Crippen LogP contribution in [0.5, 0.6) is 0 Å². The summed E-state index contributed by atoms with van der Waals surface area (Å²) in [7, 11) is 0. The summed E-state index contributed by atoms with van der Waals surface area (Å²) in [6.45, 7) is 7.08. The number of esters is 1. The van der Waals surface area contributed by atoms with Gasteiger partial charge >= 0.3 is 11.9 Å². The molecule has 0 bridgehead atoms. The van der Waals surface area contributed by atoms with E-state index in [2.05, 4.69) is 26.1 Å². The second-order valence-electron chi connectivity index (χ2n) is 12.2. The largest absolute Gasteiger partial charge is 0.481 e. The second kappa shape index (κ2) is 28.9. The van der Waals surface area contributed by atoms with E-state index in [9.17, 15) is 14.4 Å². The molecular formula is C34H65NO5. The molecule has 2 N–H and O–H groups in total. The minimum atomic E-state index is -1.12. The number of carbonyl (C=O) groups excluding carboxylic acids is 2. The predicted molar refractivity (Wildman–Crippen MR) is 166 cm³/mol. The van der Waals surface area contributed by atoms with E-state index in [0.29, 0.717) is 6.42 Å². The molecule has 0 fully saturated rings. The summed E-state index contributed by atoms with van der Waals surface area (Å²) in [6, 6.07) is -1.11. The lowest BCUT2D eigenvalue weighted by Crippen LogP contribution is -2.43. The topological polar surface area (TPSA) is 92.7 Å². The van der Waals surface area contributed by atoms with Gasteiger partial charge in [-0.05, 0) is 18.8 Å². The molecule has 40 heavy (non-hydrogen) atoms. The van der Waals surface area contributed by atoms with Crippen LogP contribution >= 0.6 is 0 Å². The van der Waals surface area contributed by atoms with Gasteiger partial charge in [-0.1, -0.05) is 156 Å². The van der Waals surface area contributed by atoms with E-state index < -0.39 is 24.4 Å². The number of unbranched alkanes of at least 4 members (excludes halogenated alkanes) is 20. The van der Waals surface area contributed by atoms with Crippen molar-refractivity contribution in [1.29, 1.82) is 0 Å². The zero-order valence-corrected chi connectivity index (χ0v) is 26.6. The molecule has 0 heterocycles. The second-order valence-corrected chi connectivity index (χ2v) is 12.2. The Morgan fingerprint density at radius 1 is 0.625 bits per heavy atom. The summed E-state index contributed by atoms with van der Waals surface area (Å²) in [5.74, 6) is -1.22. The molecule has 0 aliphatic carbocycles. The first-order chi connectivity index (χ1) is 19.4. The number of hydrogen-bond donors (Lipinski definition) is 2. The van der Waals surface area contributed by atoms with Crippen LogP contribution in [0.2, 0.25) is 0 Å². The molecule has 236 valence electrons. The smallest absolute Gasteiger partial charge is 0.329 e. The van der Waals surface area contributed by atoms with Crippen molar-refractivity contribution in [2.75, 3.05) is 6.61 Å². The van der Waals surface area contributed by atoms with Crippen LogP contribution in [-0.2, 0) is 19.1 Å². The van der Waals surface area contributed by atoms with Gasteiger partial charge in [-0.25, -0.2) is 4.79 Å². The van der Waals surface area contributed by atoms with Gasteiger partial charge in [0.05, 0.1) is 13.0 Å². The molecule has 0 aliphatic heterocycles. The van der Waals surface area contributed by atoms with E-state index in [1.54, 1.807) is 0 Å². The van der Waals surface area contributed by atoms with Gasteiger partial charge in [0, 0.05) is 6.42 Å². The number of carboxylic acid groups (broad SMARTS) is 1. The van der Waals surface area contributed by atoms with E-state index >= 15 is 0 Å². The fourth-order valence-corrected chi connectivity index (χ4v) is 5.10. The highest BCUT2D eigenvalue weighted by atomic mass is 16.5. The Morgan fingerprint density at radius 3 is 1.50 bits per heavy atom. The van der Waals surface area contributed by atoms with Crippen molar-refractivity contribution in [2.24, 2.45) is 5.92 Å². The quantitative estimate of drug-likeness (QED) is 0.0666. The van der Waals surface area contributed by atoms with Gasteiger partial charge in [-0.15, -0.1) is 0 Å². The number of rotatable bonds is 30. The summed E-state index contributed by atoms with van der Waals surface area (Å²) in [6.07, 6.45) is 27.9. The van der Waals surface area contributed by atoms with E-state index in [1.165, 1.54) is 109 Å². The maximum absolute atomic E-state index is 12.4. The van der Waals surface area contributed by atoms with Gasteiger partial charge in [0.2, 0.25) is 5.91 Å². The lowest BCUT2D eigenvalue weighted by Gasteiger charge is -2.16. The number of carboxylic acids is 1. The third-order valence-electron chi connectivity index (χ3n) is 7.68. The van der Waals surface area contributed by atoms with Crippen molar-refractivity contribution in [3.63, 3.8) is 0 Å². The Hall–Kier alpha value is -1.59. The minimum absolute atomic E-state index is 0.268. The number of aliphatic carboxylic acids is 1. The van der Waals surface area contributed by atoms with E-state index in [4.69, 9.17) is 9.84 Å². The van der Waals surface area contributed by atoms with E-state index in [-0.39, 0.29) is 12.5 Å². The molecule has 0 rings (SSSR count). The van der Waals surface area contributed by atoms with Gasteiger partial charge in [0.15, 0.2) is 0 Å². The van der Waals surface area contributed by atoms with Gasteiger partial charge in [0.25, 0.3) is 0 Å². The van der Waals surface area contributed by atoms with Crippen molar-refractivity contribution >= 4 is 17.8 Å². The number of hydrogen-bond acceptors (Lipinski definition) is 4. The molecule has 6 nitrogen and oxygen atoms in total. The van der Waals surface area contributed by atoms with Crippen molar-refractivity contribution < 1.29 is 24.2 Å². The van der Waals surface area contributed by atoms with Gasteiger partial charge in [-0.2, -0.15) is 0 Å². The molecule has 0 aromatic carbocycles. The molecule has 0 aromatic heterocycles. The van der Waals surface area contributed by atoms with Crippen LogP contribution in [0.1, 0.15) is 181 Å². The zero-order valence-electron chi connectivity index (χ0n) is 26.6. The first kappa shape index (κ1) is 38.4. The summed E-state index contributed by atoms with van der Waals surface area (Å²) < 4.78 is 5.30. The average Bonchev–Trinajstić information content (AvgIpc) is 2.91. The van der Waals surface area contributed by atoms with Crippen LogP contribution in [0, 0.1) is 5.92 Å². The zero-order chi connectivity index (χ0) is 29.7. The Morgan fingerprint density at radius 2 is 1.05 bits per heavy atom. The first-order valence-corrected chi connectivity index (χ1v) is 17.0. The van der Waals surface area contributed by atoms with Crippen LogP contribution in [0.25, 0.3) is 0 Å². The highest BCUT2D eigenvalue weighted by Crippen LogP contribution is 2.14. The monoisotopic (exact) mass is 567 g/mol. The van der Waals surface area contributed by atoms with Crippen LogP contribution in [-0.4, -0.2) is 35.6 Å². The highest BCUT2D eigenvalue weighted by Gasteiger charge is 2.25. The van der Waals surface area contributed by atoms with Crippen molar-refractivity contribution in [1.82, 2.24) is 5.32 Å². The van der Waals surface area contributed by atoms with Crippen LogP contribution in [0.3, 0.4) is 0 Å². The van der Waals surface area contributed by atoms with E-state index in [1.807, 2.05) is 0 Å². The van der Waals surface area contributed by atoms with Gasteiger partial charge in [-0.3, -0.25) is 9.59 Å². The molecule has 0 spiro atoms. The maximum atomic E-state index is 12.4. The Labute approximate surface area is 247 Å². The number of amides is 1. The summed E-state index contributed by atoms with van der Waals surface area (Å²) >= 11 is 0. The van der Waals surface area contributed by atoms with Crippen molar-refractivity contribution in [2.45, 2.75) is 187 Å². The molecule has 0 aliphatic rings. The Bertz CT molecular complexity index is 607. The average molecular weight is 568 g/mol. The minimum Gasteiger partial charge on any atom is -0.481 e. The molecule has 1 amide bonds. The lowest BCUT2D eigenvalue weighted by molar-refractivity contribution is -0.151. The van der Waals surface area contributed by atoms with Crippen molar-refractivity contribution in [3.8, 4) is 0 Å². The van der Waals surface area contributed by atoms with Crippen LogP contribution < -0.4 is 5.32 Å². The lowest BCUT2D eigenvalue weighted by atomic mass is 10.0. The molecule has 0 saturated carbocycles. The molecule has 6 heteroatoms. The normalized spacial score (nSPS) is 12.0. The Kier molecular flexibility index (Phi) is 27.8. The molecule has 0 radical (unpaired) electrons. The third kappa shape index (κ3) is 28.0. The molecule has 0 aromatic rings. The fourth-order valence-electron chi connectivity index (χ4n) is 5.10.